The van der Waals surface area contributed by atoms with Gasteiger partial charge in [0, 0.05) is 12.0 Å². The number of nitrogens with zero attached hydrogens (tertiary/aromatic N) is 3. The molecule has 0 bridgehead atoms. The summed E-state index contributed by atoms with van der Waals surface area (Å²) in [5.74, 6) is -0.538. The molecule has 1 aromatic heterocycles. The van der Waals surface area contributed by atoms with Crippen molar-refractivity contribution in [3.8, 4) is 23.1 Å². The summed E-state index contributed by atoms with van der Waals surface area (Å²) in [5.41, 5.74) is -1.12. The van der Waals surface area contributed by atoms with Crippen molar-refractivity contribution in [3.05, 3.63) is 71.8 Å². The molecule has 1 fully saturated rings. The number of aromatic nitrogens is 1. The molecule has 0 saturated carbocycles. The summed E-state index contributed by atoms with van der Waals surface area (Å²) in [4.78, 5) is 30.8. The monoisotopic (exact) mass is 483 g/mol. The molecule has 0 unspecified atom stereocenters. The van der Waals surface area contributed by atoms with Gasteiger partial charge in [-0.15, -0.1) is 0 Å². The van der Waals surface area contributed by atoms with Gasteiger partial charge in [0.25, 0.3) is 0 Å². The van der Waals surface area contributed by atoms with E-state index in [4.69, 9.17) is 4.74 Å². The molecule has 172 valence electrons. The van der Waals surface area contributed by atoms with Gasteiger partial charge in [-0.2, -0.15) is 18.4 Å². The van der Waals surface area contributed by atoms with Gasteiger partial charge in [-0.05, 0) is 42.5 Å². The van der Waals surface area contributed by atoms with Crippen molar-refractivity contribution in [1.29, 1.82) is 5.26 Å². The number of rotatable bonds is 5. The van der Waals surface area contributed by atoms with E-state index in [1.165, 1.54) is 7.11 Å². The lowest BCUT2D eigenvalue weighted by Crippen LogP contribution is -2.31. The third-order valence-electron chi connectivity index (χ3n) is 5.16. The Morgan fingerprint density at radius 2 is 1.79 bits per heavy atom. The van der Waals surface area contributed by atoms with Gasteiger partial charge in [0.05, 0.1) is 34.9 Å². The summed E-state index contributed by atoms with van der Waals surface area (Å²) >= 11 is 0.689. The zero-order valence-corrected chi connectivity index (χ0v) is 18.5. The van der Waals surface area contributed by atoms with E-state index in [1.807, 2.05) is 0 Å². The van der Waals surface area contributed by atoms with Crippen LogP contribution in [0.15, 0.2) is 65.7 Å². The second kappa shape index (κ2) is 9.19. The molecular formula is C24H16F3N3O3S. The summed E-state index contributed by atoms with van der Waals surface area (Å²) in [7, 11) is 1.46. The van der Waals surface area contributed by atoms with E-state index in [0.29, 0.717) is 28.8 Å². The van der Waals surface area contributed by atoms with Crippen LogP contribution in [0, 0.1) is 11.3 Å². The molecule has 3 aromatic rings. The van der Waals surface area contributed by atoms with Crippen molar-refractivity contribution in [3.63, 3.8) is 0 Å². The van der Waals surface area contributed by atoms with Gasteiger partial charge in [0.15, 0.2) is 0 Å². The molecule has 2 amide bonds. The first-order valence-electron chi connectivity index (χ1n) is 9.98. The Morgan fingerprint density at radius 1 is 1.12 bits per heavy atom. The van der Waals surface area contributed by atoms with Crippen LogP contribution in [0.5, 0.6) is 5.75 Å². The fourth-order valence-electron chi connectivity index (χ4n) is 3.53. The van der Waals surface area contributed by atoms with E-state index in [9.17, 15) is 28.0 Å². The van der Waals surface area contributed by atoms with Crippen LogP contribution in [-0.4, -0.2) is 29.2 Å². The highest BCUT2D eigenvalue weighted by atomic mass is 32.2. The Bertz CT molecular complexity index is 1290. The van der Waals surface area contributed by atoms with E-state index in [2.05, 4.69) is 4.98 Å². The molecule has 6 nitrogen and oxygen atoms in total. The Labute approximate surface area is 197 Å². The van der Waals surface area contributed by atoms with Gasteiger partial charge >= 0.3 is 6.18 Å². The number of methoxy groups -OCH3 is 1. The fraction of sp³-hybridized carbons (Fsp3) is 0.167. The molecule has 4 rings (SSSR count). The van der Waals surface area contributed by atoms with Crippen LogP contribution in [0.2, 0.25) is 0 Å². The minimum atomic E-state index is -4.82. The topological polar surface area (TPSA) is 83.3 Å². The molecule has 1 saturated heterocycles. The van der Waals surface area contributed by atoms with Crippen LogP contribution >= 0.6 is 11.8 Å². The van der Waals surface area contributed by atoms with E-state index >= 15 is 0 Å². The first kappa shape index (κ1) is 23.3. The number of para-hydroxylation sites is 1. The maximum Gasteiger partial charge on any atom is 0.417 e. The molecule has 1 aliphatic heterocycles. The average molecular weight is 483 g/mol. The number of carbonyl (C=O) groups excluding carboxylic acids is 2. The van der Waals surface area contributed by atoms with Crippen LogP contribution in [-0.2, 0) is 15.8 Å². The minimum Gasteiger partial charge on any atom is -0.497 e. The minimum absolute atomic E-state index is 0.0202. The van der Waals surface area contributed by atoms with Gasteiger partial charge in [-0.3, -0.25) is 9.59 Å². The zero-order valence-electron chi connectivity index (χ0n) is 17.7. The van der Waals surface area contributed by atoms with E-state index in [1.54, 1.807) is 60.7 Å². The fourth-order valence-corrected chi connectivity index (χ4v) is 4.65. The summed E-state index contributed by atoms with van der Waals surface area (Å²) in [6.45, 7) is 0. The van der Waals surface area contributed by atoms with Gasteiger partial charge < -0.3 is 4.74 Å². The molecule has 2 aromatic carbocycles. The number of hydrogen-bond acceptors (Lipinski definition) is 6. The number of pyridine rings is 1. The van der Waals surface area contributed by atoms with Gasteiger partial charge in [0.2, 0.25) is 11.8 Å². The number of nitriles is 1. The maximum absolute atomic E-state index is 13.8. The number of halogens is 3. The van der Waals surface area contributed by atoms with Crippen LogP contribution in [0.4, 0.5) is 18.9 Å². The van der Waals surface area contributed by atoms with E-state index in [-0.39, 0.29) is 17.1 Å². The van der Waals surface area contributed by atoms with Crippen molar-refractivity contribution in [2.24, 2.45) is 0 Å². The van der Waals surface area contributed by atoms with Gasteiger partial charge in [-0.1, -0.05) is 30.0 Å². The lowest BCUT2D eigenvalue weighted by Gasteiger charge is -2.17. The number of carbonyl (C=O) groups is 2. The first-order chi connectivity index (χ1) is 16.2. The Hall–Kier alpha value is -3.84. The maximum atomic E-state index is 13.8. The lowest BCUT2D eigenvalue weighted by molar-refractivity contribution is -0.138. The van der Waals surface area contributed by atoms with Crippen LogP contribution in [0.3, 0.4) is 0 Å². The predicted octanol–water partition coefficient (Wildman–Crippen LogP) is 5.07. The summed E-state index contributed by atoms with van der Waals surface area (Å²) in [6.07, 6.45) is -5.05. The molecule has 1 aliphatic rings. The average Bonchev–Trinajstić information content (AvgIpc) is 3.11. The molecule has 0 radical (unpaired) electrons. The number of ether oxygens (including phenoxy) is 1. The lowest BCUT2D eigenvalue weighted by atomic mass is 10.1. The van der Waals surface area contributed by atoms with E-state index < -0.39 is 34.4 Å². The highest BCUT2D eigenvalue weighted by Gasteiger charge is 2.42. The molecule has 10 heteroatoms. The highest BCUT2D eigenvalue weighted by molar-refractivity contribution is 8.00. The molecule has 2 heterocycles. The van der Waals surface area contributed by atoms with Crippen LogP contribution < -0.4 is 9.64 Å². The summed E-state index contributed by atoms with van der Waals surface area (Å²) in [6, 6.07) is 16.9. The number of benzene rings is 2. The third kappa shape index (κ3) is 4.47. The number of hydrogen-bond donors (Lipinski definition) is 0. The molecular weight excluding hydrogens is 467 g/mol. The quantitative estimate of drug-likeness (QED) is 0.471. The first-order valence-corrected chi connectivity index (χ1v) is 10.9. The second-order valence-corrected chi connectivity index (χ2v) is 8.48. The van der Waals surface area contributed by atoms with Crippen molar-refractivity contribution in [1.82, 2.24) is 4.98 Å². The van der Waals surface area contributed by atoms with Gasteiger partial charge in [-0.25, -0.2) is 9.88 Å². The van der Waals surface area contributed by atoms with E-state index in [0.717, 1.165) is 11.0 Å². The Kier molecular flexibility index (Phi) is 6.30. The summed E-state index contributed by atoms with van der Waals surface area (Å²) in [5, 5.41) is 8.26. The van der Waals surface area contributed by atoms with Crippen molar-refractivity contribution < 1.29 is 27.5 Å². The smallest absolute Gasteiger partial charge is 0.417 e. The number of thioether (sulfide) groups is 1. The Balaban J connectivity index is 1.75. The molecule has 0 N–H and O–H groups in total. The Morgan fingerprint density at radius 3 is 2.38 bits per heavy atom. The largest absolute Gasteiger partial charge is 0.497 e. The zero-order chi connectivity index (χ0) is 24.5. The summed E-state index contributed by atoms with van der Waals surface area (Å²) < 4.78 is 46.6. The normalized spacial score (nSPS) is 16.0. The second-order valence-electron chi connectivity index (χ2n) is 7.29. The number of anilines is 1. The van der Waals surface area contributed by atoms with Crippen LogP contribution in [0.1, 0.15) is 17.5 Å². The van der Waals surface area contributed by atoms with Crippen molar-refractivity contribution in [2.75, 3.05) is 12.0 Å². The molecule has 34 heavy (non-hydrogen) atoms. The molecule has 0 aliphatic carbocycles. The van der Waals surface area contributed by atoms with Crippen molar-refractivity contribution >= 4 is 29.3 Å². The number of alkyl halides is 3. The highest BCUT2D eigenvalue weighted by Crippen LogP contribution is 2.41. The SMILES string of the molecule is COc1ccc(-c2cc(C(F)(F)F)c(C#N)c(S[C@H]3CC(=O)N(c4ccccc4)C3=O)n2)cc1. The van der Waals surface area contributed by atoms with Crippen LogP contribution in [0.25, 0.3) is 11.3 Å². The number of imide groups is 1. The standard InChI is InChI=1S/C24H16F3N3O3S/c1-33-16-9-7-14(8-10-16)19-11-18(24(25,26)27)17(13-28)22(29-19)34-20-12-21(31)30(23(20)32)15-5-3-2-4-6-15/h2-11,20H,12H2,1H3/t20-/m0/s1. The van der Waals surface area contributed by atoms with Crippen molar-refractivity contribution in [2.45, 2.75) is 22.9 Å². The third-order valence-corrected chi connectivity index (χ3v) is 6.33. The molecule has 1 atom stereocenters. The van der Waals surface area contributed by atoms with Gasteiger partial charge in [0.1, 0.15) is 16.8 Å². The molecule has 0 spiro atoms. The predicted molar refractivity (Wildman–Crippen MR) is 119 cm³/mol. The number of amides is 2.